The molecular formula is C23H29N5O. The summed E-state index contributed by atoms with van der Waals surface area (Å²) in [6.07, 6.45) is 4.18. The first kappa shape index (κ1) is 19.5. The molecule has 0 unspecified atom stereocenters. The predicted octanol–water partition coefficient (Wildman–Crippen LogP) is 4.61. The average molecular weight is 392 g/mol. The zero-order valence-electron chi connectivity index (χ0n) is 17.4. The van der Waals surface area contributed by atoms with Crippen LogP contribution in [0, 0.1) is 0 Å². The molecule has 2 aromatic carbocycles. The van der Waals surface area contributed by atoms with Gasteiger partial charge < -0.3 is 15.0 Å². The van der Waals surface area contributed by atoms with Crippen molar-refractivity contribution in [1.29, 1.82) is 0 Å². The summed E-state index contributed by atoms with van der Waals surface area (Å²) < 4.78 is 7.94. The van der Waals surface area contributed by atoms with Crippen LogP contribution in [0.15, 0.2) is 54.9 Å². The molecule has 4 rings (SSSR count). The van der Waals surface area contributed by atoms with E-state index in [4.69, 9.17) is 4.74 Å². The maximum Gasteiger partial charge on any atom is 0.246 e. The molecule has 1 saturated heterocycles. The molecule has 0 radical (unpaired) electrons. The first-order chi connectivity index (χ1) is 14.1. The Morgan fingerprint density at radius 1 is 1.07 bits per heavy atom. The normalized spacial score (nSPS) is 15.6. The molecule has 0 amide bonds. The van der Waals surface area contributed by atoms with E-state index in [1.807, 2.05) is 30.3 Å². The SMILES string of the molecule is CC(C)Oc1cc(Nc2ncn(-c3ccccc3)n2)ccc1C1CCN(C)CC1. The molecule has 6 heteroatoms. The number of hydrogen-bond acceptors (Lipinski definition) is 5. The van der Waals surface area contributed by atoms with Crippen molar-refractivity contribution in [3.63, 3.8) is 0 Å². The molecule has 1 fully saturated rings. The van der Waals surface area contributed by atoms with Crippen molar-refractivity contribution in [2.75, 3.05) is 25.5 Å². The van der Waals surface area contributed by atoms with Gasteiger partial charge in [0.05, 0.1) is 11.8 Å². The number of aromatic nitrogens is 3. The first-order valence-corrected chi connectivity index (χ1v) is 10.3. The van der Waals surface area contributed by atoms with Crippen molar-refractivity contribution in [3.05, 3.63) is 60.4 Å². The van der Waals surface area contributed by atoms with Crippen LogP contribution in [0.4, 0.5) is 11.6 Å². The van der Waals surface area contributed by atoms with Crippen LogP contribution in [0.25, 0.3) is 5.69 Å². The van der Waals surface area contributed by atoms with Gasteiger partial charge in [-0.1, -0.05) is 24.3 Å². The zero-order chi connectivity index (χ0) is 20.2. The lowest BCUT2D eigenvalue weighted by Gasteiger charge is -2.30. The van der Waals surface area contributed by atoms with Crippen LogP contribution >= 0.6 is 0 Å². The van der Waals surface area contributed by atoms with Crippen LogP contribution in [0.3, 0.4) is 0 Å². The summed E-state index contributed by atoms with van der Waals surface area (Å²) in [7, 11) is 2.19. The Balaban J connectivity index is 1.54. The maximum absolute atomic E-state index is 6.18. The maximum atomic E-state index is 6.18. The van der Waals surface area contributed by atoms with E-state index >= 15 is 0 Å². The van der Waals surface area contributed by atoms with E-state index in [1.54, 1.807) is 11.0 Å². The van der Waals surface area contributed by atoms with Crippen molar-refractivity contribution in [2.24, 2.45) is 0 Å². The van der Waals surface area contributed by atoms with Crippen molar-refractivity contribution in [3.8, 4) is 11.4 Å². The molecule has 0 bridgehead atoms. The van der Waals surface area contributed by atoms with Crippen molar-refractivity contribution >= 4 is 11.6 Å². The zero-order valence-corrected chi connectivity index (χ0v) is 17.4. The summed E-state index contributed by atoms with van der Waals surface area (Å²) in [4.78, 5) is 6.79. The molecule has 29 heavy (non-hydrogen) atoms. The second-order valence-electron chi connectivity index (χ2n) is 7.97. The fraction of sp³-hybridized carbons (Fsp3) is 0.391. The minimum absolute atomic E-state index is 0.130. The fourth-order valence-electron chi connectivity index (χ4n) is 3.78. The first-order valence-electron chi connectivity index (χ1n) is 10.3. The average Bonchev–Trinajstić information content (AvgIpc) is 3.18. The highest BCUT2D eigenvalue weighted by atomic mass is 16.5. The molecule has 1 aliphatic heterocycles. The van der Waals surface area contributed by atoms with Gasteiger partial charge in [-0.05, 0) is 76.5 Å². The standard InChI is InChI=1S/C23H29N5O/c1-17(2)29-22-15-19(9-10-21(22)18-11-13-27(3)14-12-18)25-23-24-16-28(26-23)20-7-5-4-6-8-20/h4-10,15-18H,11-14H2,1-3H3,(H,25,26). The molecule has 0 atom stereocenters. The lowest BCUT2D eigenvalue weighted by atomic mass is 9.89. The summed E-state index contributed by atoms with van der Waals surface area (Å²) in [5, 5.41) is 7.85. The number of benzene rings is 2. The third-order valence-electron chi connectivity index (χ3n) is 5.30. The Labute approximate surface area is 172 Å². The van der Waals surface area contributed by atoms with Gasteiger partial charge in [-0.25, -0.2) is 4.68 Å². The van der Waals surface area contributed by atoms with Gasteiger partial charge in [0.15, 0.2) is 0 Å². The smallest absolute Gasteiger partial charge is 0.246 e. The Morgan fingerprint density at radius 3 is 2.55 bits per heavy atom. The Kier molecular flexibility index (Phi) is 5.81. The van der Waals surface area contributed by atoms with Crippen LogP contribution in [0.1, 0.15) is 38.2 Å². The van der Waals surface area contributed by atoms with Gasteiger partial charge in [0.2, 0.25) is 5.95 Å². The molecule has 1 aliphatic rings. The van der Waals surface area contributed by atoms with E-state index < -0.39 is 0 Å². The van der Waals surface area contributed by atoms with E-state index in [-0.39, 0.29) is 6.10 Å². The lowest BCUT2D eigenvalue weighted by Crippen LogP contribution is -2.29. The fourth-order valence-corrected chi connectivity index (χ4v) is 3.78. The van der Waals surface area contributed by atoms with Crippen LogP contribution < -0.4 is 10.1 Å². The molecule has 1 aromatic heterocycles. The van der Waals surface area contributed by atoms with E-state index in [1.165, 1.54) is 18.4 Å². The van der Waals surface area contributed by atoms with E-state index in [9.17, 15) is 0 Å². The second-order valence-corrected chi connectivity index (χ2v) is 7.97. The number of rotatable bonds is 6. The van der Waals surface area contributed by atoms with E-state index in [2.05, 4.69) is 59.4 Å². The quantitative estimate of drug-likeness (QED) is 0.665. The highest BCUT2D eigenvalue weighted by molar-refractivity contribution is 5.58. The van der Waals surface area contributed by atoms with Crippen molar-refractivity contribution in [1.82, 2.24) is 19.7 Å². The molecular weight excluding hydrogens is 362 g/mol. The Morgan fingerprint density at radius 2 is 1.83 bits per heavy atom. The van der Waals surface area contributed by atoms with Gasteiger partial charge in [0.1, 0.15) is 12.1 Å². The highest BCUT2D eigenvalue weighted by Gasteiger charge is 2.22. The van der Waals surface area contributed by atoms with Crippen LogP contribution in [0.5, 0.6) is 5.75 Å². The van der Waals surface area contributed by atoms with Crippen molar-refractivity contribution in [2.45, 2.75) is 38.7 Å². The minimum atomic E-state index is 0.130. The molecule has 2 heterocycles. The molecule has 6 nitrogen and oxygen atoms in total. The minimum Gasteiger partial charge on any atom is -0.491 e. The van der Waals surface area contributed by atoms with Gasteiger partial charge in [-0.2, -0.15) is 4.98 Å². The molecule has 1 N–H and O–H groups in total. The van der Waals surface area contributed by atoms with Crippen LogP contribution in [-0.2, 0) is 0 Å². The van der Waals surface area contributed by atoms with Crippen molar-refractivity contribution < 1.29 is 4.74 Å². The number of anilines is 2. The predicted molar refractivity (Wildman–Crippen MR) is 116 cm³/mol. The summed E-state index contributed by atoms with van der Waals surface area (Å²) in [5.41, 5.74) is 3.22. The number of hydrogen-bond donors (Lipinski definition) is 1. The number of ether oxygens (including phenoxy) is 1. The largest absolute Gasteiger partial charge is 0.491 e. The van der Waals surface area contributed by atoms with Gasteiger partial charge in [0.25, 0.3) is 0 Å². The van der Waals surface area contributed by atoms with E-state index in [0.29, 0.717) is 11.9 Å². The third kappa shape index (κ3) is 4.77. The molecule has 0 saturated carbocycles. The number of nitrogens with one attached hydrogen (secondary N) is 1. The monoisotopic (exact) mass is 391 g/mol. The molecule has 0 spiro atoms. The van der Waals surface area contributed by atoms with Gasteiger partial charge in [0, 0.05) is 11.8 Å². The van der Waals surface area contributed by atoms with Gasteiger partial charge in [-0.3, -0.25) is 0 Å². The third-order valence-corrected chi connectivity index (χ3v) is 5.30. The number of likely N-dealkylation sites (tertiary alicyclic amines) is 1. The lowest BCUT2D eigenvalue weighted by molar-refractivity contribution is 0.227. The number of para-hydroxylation sites is 1. The Hall–Kier alpha value is -2.86. The Bertz CT molecular complexity index is 929. The topological polar surface area (TPSA) is 55.2 Å². The highest BCUT2D eigenvalue weighted by Crippen LogP contribution is 2.36. The van der Waals surface area contributed by atoms with Crippen LogP contribution in [-0.4, -0.2) is 45.9 Å². The second kappa shape index (κ2) is 8.66. The summed E-state index contributed by atoms with van der Waals surface area (Å²) >= 11 is 0. The van der Waals surface area contributed by atoms with Crippen LogP contribution in [0.2, 0.25) is 0 Å². The van der Waals surface area contributed by atoms with E-state index in [0.717, 1.165) is 30.2 Å². The summed E-state index contributed by atoms with van der Waals surface area (Å²) in [5.74, 6) is 2.07. The molecule has 3 aromatic rings. The molecule has 152 valence electrons. The van der Waals surface area contributed by atoms with Gasteiger partial charge >= 0.3 is 0 Å². The van der Waals surface area contributed by atoms with Gasteiger partial charge in [-0.15, -0.1) is 5.10 Å². The molecule has 0 aliphatic carbocycles. The number of nitrogens with zero attached hydrogens (tertiary/aromatic N) is 4. The number of piperidine rings is 1. The summed E-state index contributed by atoms with van der Waals surface area (Å²) in [6.45, 7) is 6.41. The summed E-state index contributed by atoms with van der Waals surface area (Å²) in [6, 6.07) is 16.3.